The number of fused-ring (bicyclic) bond motifs is 1. The van der Waals surface area contributed by atoms with E-state index in [4.69, 9.17) is 0 Å². The predicted octanol–water partition coefficient (Wildman–Crippen LogP) is 5.70. The highest BCUT2D eigenvalue weighted by atomic mass is 32.1. The third-order valence-corrected chi connectivity index (χ3v) is 7.67. The van der Waals surface area contributed by atoms with Gasteiger partial charge >= 0.3 is 0 Å². The molecule has 25 heavy (non-hydrogen) atoms. The zero-order chi connectivity index (χ0) is 17.0. The minimum atomic E-state index is 0.234. The molecule has 1 heterocycles. The molecule has 1 N–H and O–H groups in total. The van der Waals surface area contributed by atoms with Crippen molar-refractivity contribution in [3.63, 3.8) is 0 Å². The van der Waals surface area contributed by atoms with E-state index in [9.17, 15) is 10.4 Å². The normalized spacial score (nSPS) is 34.1. The Hall–Kier alpha value is -1.86. The lowest BCUT2D eigenvalue weighted by Gasteiger charge is -2.57. The molecule has 0 atom stereocenters. The van der Waals surface area contributed by atoms with Crippen LogP contribution >= 0.6 is 11.3 Å². The maximum Gasteiger partial charge on any atom is 0.138 e. The Labute approximate surface area is 152 Å². The fourth-order valence-electron chi connectivity index (χ4n) is 6.17. The molecule has 0 radical (unpaired) electrons. The zero-order valence-electron chi connectivity index (χ0n) is 14.2. The third-order valence-electron chi connectivity index (χ3n) is 6.62. The van der Waals surface area contributed by atoms with Crippen LogP contribution in [0.3, 0.4) is 0 Å². The van der Waals surface area contributed by atoms with E-state index in [0.717, 1.165) is 28.0 Å². The number of hydrogen-bond donors (Lipinski definition) is 1. The van der Waals surface area contributed by atoms with Crippen molar-refractivity contribution in [1.82, 2.24) is 4.98 Å². The molecule has 2 aromatic rings. The van der Waals surface area contributed by atoms with Crippen LogP contribution in [-0.2, 0) is 0 Å². The Kier molecular flexibility index (Phi) is 3.43. The van der Waals surface area contributed by atoms with Crippen molar-refractivity contribution in [1.29, 1.82) is 5.26 Å². The number of aliphatic hydroxyl groups excluding tert-OH is 1. The summed E-state index contributed by atoms with van der Waals surface area (Å²) in [4.78, 5) is 4.58. The molecule has 1 aromatic heterocycles. The van der Waals surface area contributed by atoms with Gasteiger partial charge in [-0.05, 0) is 73.8 Å². The van der Waals surface area contributed by atoms with Crippen molar-refractivity contribution >= 4 is 27.1 Å². The molecule has 4 bridgehead atoms. The molecule has 0 amide bonds. The number of benzene rings is 1. The molecule has 0 spiro atoms. The lowest BCUT2D eigenvalue weighted by atomic mass is 9.48. The molecule has 0 saturated heterocycles. The van der Waals surface area contributed by atoms with E-state index in [1.807, 2.05) is 24.3 Å². The summed E-state index contributed by atoms with van der Waals surface area (Å²) in [6.45, 7) is 0. The van der Waals surface area contributed by atoms with E-state index < -0.39 is 0 Å². The topological polar surface area (TPSA) is 56.9 Å². The van der Waals surface area contributed by atoms with E-state index in [2.05, 4.69) is 11.1 Å². The van der Waals surface area contributed by atoms with Gasteiger partial charge in [-0.1, -0.05) is 12.1 Å². The van der Waals surface area contributed by atoms with Crippen molar-refractivity contribution in [2.24, 2.45) is 23.2 Å². The predicted molar refractivity (Wildman–Crippen MR) is 100 cm³/mol. The van der Waals surface area contributed by atoms with Gasteiger partial charge in [0.15, 0.2) is 0 Å². The smallest absolute Gasteiger partial charge is 0.138 e. The highest BCUT2D eigenvalue weighted by Crippen LogP contribution is 2.62. The van der Waals surface area contributed by atoms with Crippen molar-refractivity contribution in [3.05, 3.63) is 35.0 Å². The first-order valence-corrected chi connectivity index (χ1v) is 10.1. The van der Waals surface area contributed by atoms with Crippen molar-refractivity contribution in [2.75, 3.05) is 0 Å². The van der Waals surface area contributed by atoms with Gasteiger partial charge in [-0.25, -0.2) is 4.98 Å². The van der Waals surface area contributed by atoms with Gasteiger partial charge < -0.3 is 5.11 Å². The maximum absolute atomic E-state index is 10.9. The lowest BCUT2D eigenvalue weighted by Crippen LogP contribution is -2.46. The van der Waals surface area contributed by atoms with Gasteiger partial charge in [0.25, 0.3) is 0 Å². The second-order valence-electron chi connectivity index (χ2n) is 8.51. The van der Waals surface area contributed by atoms with E-state index in [0.29, 0.717) is 17.0 Å². The van der Waals surface area contributed by atoms with Gasteiger partial charge in [-0.2, -0.15) is 5.26 Å². The summed E-state index contributed by atoms with van der Waals surface area (Å²) >= 11 is 1.50. The standard InChI is InChI=1S/C21H22N2OS/c22-12-16(20-23-17-3-1-2-4-19(17)25-20)18(24)11-21-8-13-5-14(9-21)7-15(6-13)10-21/h1-4,13-15,24H,5-11H2. The quantitative estimate of drug-likeness (QED) is 0.571. The largest absolute Gasteiger partial charge is 0.511 e. The van der Waals surface area contributed by atoms with Crippen LogP contribution in [0.5, 0.6) is 0 Å². The number of nitrogens with zero attached hydrogens (tertiary/aromatic N) is 2. The molecule has 4 fully saturated rings. The summed E-state index contributed by atoms with van der Waals surface area (Å²) in [5.74, 6) is 2.83. The molecule has 4 saturated carbocycles. The lowest BCUT2D eigenvalue weighted by molar-refractivity contribution is -0.0562. The molecular formula is C21H22N2OS. The molecular weight excluding hydrogens is 328 g/mol. The Bertz CT molecular complexity index is 836. The second-order valence-corrected chi connectivity index (χ2v) is 9.55. The first-order valence-electron chi connectivity index (χ1n) is 9.32. The summed E-state index contributed by atoms with van der Waals surface area (Å²) in [6, 6.07) is 10.2. The van der Waals surface area contributed by atoms with Crippen LogP contribution in [-0.4, -0.2) is 10.1 Å². The number of para-hydroxylation sites is 1. The van der Waals surface area contributed by atoms with E-state index in [1.54, 1.807) is 0 Å². The molecule has 4 heteroatoms. The van der Waals surface area contributed by atoms with Gasteiger partial charge in [-0.15, -0.1) is 11.3 Å². The van der Waals surface area contributed by atoms with Gasteiger partial charge in [0.2, 0.25) is 0 Å². The number of allylic oxidation sites excluding steroid dienone is 2. The number of hydrogen-bond acceptors (Lipinski definition) is 4. The number of thiazole rings is 1. The Balaban J connectivity index is 1.48. The fraction of sp³-hybridized carbons (Fsp3) is 0.524. The molecule has 1 aromatic carbocycles. The Morgan fingerprint density at radius 2 is 1.80 bits per heavy atom. The summed E-state index contributed by atoms with van der Waals surface area (Å²) in [5.41, 5.74) is 1.52. The molecule has 4 aliphatic rings. The summed E-state index contributed by atoms with van der Waals surface area (Å²) in [5, 5.41) is 21.2. The summed E-state index contributed by atoms with van der Waals surface area (Å²) in [7, 11) is 0. The van der Waals surface area contributed by atoms with Crippen LogP contribution in [0.1, 0.15) is 50.0 Å². The average Bonchev–Trinajstić information content (AvgIpc) is 2.97. The van der Waals surface area contributed by atoms with Crippen LogP contribution in [0.4, 0.5) is 0 Å². The van der Waals surface area contributed by atoms with Gasteiger partial charge in [0.1, 0.15) is 22.4 Å². The summed E-state index contributed by atoms with van der Waals surface area (Å²) < 4.78 is 1.06. The highest BCUT2D eigenvalue weighted by Gasteiger charge is 2.51. The highest BCUT2D eigenvalue weighted by molar-refractivity contribution is 7.19. The monoisotopic (exact) mass is 350 g/mol. The first-order chi connectivity index (χ1) is 12.1. The van der Waals surface area contributed by atoms with E-state index >= 15 is 0 Å². The maximum atomic E-state index is 10.9. The van der Waals surface area contributed by atoms with Crippen LogP contribution in [0.2, 0.25) is 0 Å². The number of rotatable bonds is 3. The Morgan fingerprint density at radius 1 is 1.16 bits per heavy atom. The van der Waals surface area contributed by atoms with E-state index in [1.165, 1.54) is 49.9 Å². The van der Waals surface area contributed by atoms with Crippen molar-refractivity contribution in [3.8, 4) is 6.07 Å². The minimum absolute atomic E-state index is 0.234. The van der Waals surface area contributed by atoms with Gasteiger partial charge in [-0.3, -0.25) is 0 Å². The first kappa shape index (κ1) is 15.4. The van der Waals surface area contributed by atoms with Crippen LogP contribution in [0.15, 0.2) is 30.0 Å². The molecule has 3 nitrogen and oxygen atoms in total. The number of nitriles is 1. The molecule has 0 aliphatic heterocycles. The Morgan fingerprint density at radius 3 is 2.40 bits per heavy atom. The minimum Gasteiger partial charge on any atom is -0.511 e. The van der Waals surface area contributed by atoms with Crippen molar-refractivity contribution < 1.29 is 5.11 Å². The van der Waals surface area contributed by atoms with Gasteiger partial charge in [0.05, 0.1) is 10.2 Å². The van der Waals surface area contributed by atoms with Crippen LogP contribution in [0.25, 0.3) is 15.8 Å². The fourth-order valence-corrected chi connectivity index (χ4v) is 7.15. The molecule has 6 rings (SSSR count). The zero-order valence-corrected chi connectivity index (χ0v) is 15.1. The SMILES string of the molecule is N#CC(=C(O)CC12CC3CC(CC(C3)C1)C2)c1nc2ccccc2s1. The second kappa shape index (κ2) is 5.57. The van der Waals surface area contributed by atoms with Gasteiger partial charge in [0, 0.05) is 6.42 Å². The number of aliphatic hydroxyl groups is 1. The van der Waals surface area contributed by atoms with Crippen molar-refractivity contribution in [2.45, 2.75) is 44.9 Å². The summed E-state index contributed by atoms with van der Waals surface area (Å²) in [6.07, 6.45) is 8.56. The molecule has 4 aliphatic carbocycles. The molecule has 0 unspecified atom stereocenters. The molecule has 128 valence electrons. The van der Waals surface area contributed by atoms with E-state index in [-0.39, 0.29) is 11.2 Å². The number of aromatic nitrogens is 1. The van der Waals surface area contributed by atoms with Crippen LogP contribution < -0.4 is 0 Å². The van der Waals surface area contributed by atoms with Crippen LogP contribution in [0, 0.1) is 34.5 Å². The average molecular weight is 350 g/mol. The third kappa shape index (κ3) is 2.57.